The number of hydrogen-bond acceptors (Lipinski definition) is 2. The molecule has 1 fully saturated rings. The number of ether oxygens (including phenoxy) is 1. The molecule has 1 heterocycles. The minimum atomic E-state index is -0.722. The Hall–Kier alpha value is -0.990. The average molecular weight is 170 g/mol. The lowest BCUT2D eigenvalue weighted by Gasteiger charge is -1.96. The lowest BCUT2D eigenvalue weighted by atomic mass is 10.2. The van der Waals surface area contributed by atoms with E-state index in [2.05, 4.69) is 0 Å². The van der Waals surface area contributed by atoms with Gasteiger partial charge in [-0.2, -0.15) is 0 Å². The predicted molar refractivity (Wildman–Crippen MR) is 44.8 cm³/mol. The normalized spacial score (nSPS) is 19.5. The fourth-order valence-electron chi connectivity index (χ4n) is 1.20. The smallest absolute Gasteiger partial charge is 0.303 e. The highest BCUT2D eigenvalue weighted by Gasteiger charge is 2.05. The first-order chi connectivity index (χ1) is 5.79. The van der Waals surface area contributed by atoms with Gasteiger partial charge in [-0.25, -0.2) is 0 Å². The van der Waals surface area contributed by atoms with Crippen molar-refractivity contribution >= 4 is 5.97 Å². The van der Waals surface area contributed by atoms with E-state index in [-0.39, 0.29) is 6.42 Å². The van der Waals surface area contributed by atoms with Gasteiger partial charge in [0.05, 0.1) is 12.4 Å². The van der Waals surface area contributed by atoms with Gasteiger partial charge in [-0.05, 0) is 25.3 Å². The van der Waals surface area contributed by atoms with Crippen LogP contribution in [0.1, 0.15) is 32.1 Å². The van der Waals surface area contributed by atoms with Crippen molar-refractivity contribution in [3.8, 4) is 0 Å². The number of aliphatic carboxylic acids is 1. The largest absolute Gasteiger partial charge is 0.498 e. The van der Waals surface area contributed by atoms with Crippen LogP contribution in [0.2, 0.25) is 0 Å². The van der Waals surface area contributed by atoms with E-state index in [4.69, 9.17) is 9.84 Å². The molecule has 0 aliphatic carbocycles. The fourth-order valence-corrected chi connectivity index (χ4v) is 1.20. The molecule has 0 aromatic carbocycles. The maximum atomic E-state index is 10.1. The van der Waals surface area contributed by atoms with Crippen molar-refractivity contribution in [2.24, 2.45) is 0 Å². The van der Waals surface area contributed by atoms with Crippen LogP contribution in [-0.2, 0) is 9.53 Å². The highest BCUT2D eigenvalue weighted by atomic mass is 16.5. The lowest BCUT2D eigenvalue weighted by Crippen LogP contribution is -1.92. The van der Waals surface area contributed by atoms with Gasteiger partial charge in [-0.3, -0.25) is 4.79 Å². The number of carboxylic acids is 1. The molecule has 0 atom stereocenters. The summed E-state index contributed by atoms with van der Waals surface area (Å²) < 4.78 is 5.27. The van der Waals surface area contributed by atoms with Crippen LogP contribution >= 0.6 is 0 Å². The Morgan fingerprint density at radius 1 is 1.67 bits per heavy atom. The van der Waals surface area contributed by atoms with Crippen molar-refractivity contribution in [3.63, 3.8) is 0 Å². The van der Waals surface area contributed by atoms with E-state index in [9.17, 15) is 4.79 Å². The van der Waals surface area contributed by atoms with Crippen LogP contribution in [0.5, 0.6) is 0 Å². The zero-order valence-electron chi connectivity index (χ0n) is 7.08. The zero-order chi connectivity index (χ0) is 8.81. The van der Waals surface area contributed by atoms with E-state index >= 15 is 0 Å². The van der Waals surface area contributed by atoms with Gasteiger partial charge in [0, 0.05) is 12.8 Å². The third-order valence-corrected chi connectivity index (χ3v) is 1.82. The predicted octanol–water partition coefficient (Wildman–Crippen LogP) is 1.94. The molecule has 0 aromatic rings. The summed E-state index contributed by atoms with van der Waals surface area (Å²) in [6, 6.07) is 0. The van der Waals surface area contributed by atoms with Gasteiger partial charge < -0.3 is 9.84 Å². The second kappa shape index (κ2) is 4.80. The Labute approximate surface area is 72.0 Å². The summed E-state index contributed by atoms with van der Waals surface area (Å²) in [5, 5.41) is 8.35. The molecule has 1 saturated heterocycles. The molecule has 1 rings (SSSR count). The third kappa shape index (κ3) is 3.42. The van der Waals surface area contributed by atoms with Crippen molar-refractivity contribution in [1.82, 2.24) is 0 Å². The average Bonchev–Trinajstić information content (AvgIpc) is 2.49. The maximum absolute atomic E-state index is 10.1. The molecular formula is C9H14O3. The first-order valence-corrected chi connectivity index (χ1v) is 4.32. The van der Waals surface area contributed by atoms with Gasteiger partial charge in [-0.1, -0.05) is 0 Å². The van der Waals surface area contributed by atoms with E-state index in [1.165, 1.54) is 0 Å². The lowest BCUT2D eigenvalue weighted by molar-refractivity contribution is -0.137. The molecule has 0 radical (unpaired) electrons. The summed E-state index contributed by atoms with van der Waals surface area (Å²) in [7, 11) is 0. The maximum Gasteiger partial charge on any atom is 0.303 e. The second-order valence-corrected chi connectivity index (χ2v) is 2.91. The van der Waals surface area contributed by atoms with Gasteiger partial charge in [0.1, 0.15) is 0 Å². The summed E-state index contributed by atoms with van der Waals surface area (Å²) in [5.41, 5.74) is 0. The van der Waals surface area contributed by atoms with Gasteiger partial charge in [0.15, 0.2) is 0 Å². The van der Waals surface area contributed by atoms with E-state index < -0.39 is 5.97 Å². The molecule has 0 amide bonds. The van der Waals surface area contributed by atoms with Crippen molar-refractivity contribution < 1.29 is 14.6 Å². The molecule has 3 nitrogen and oxygen atoms in total. The molecule has 1 aliphatic rings. The monoisotopic (exact) mass is 170 g/mol. The van der Waals surface area contributed by atoms with Crippen molar-refractivity contribution in [3.05, 3.63) is 11.8 Å². The van der Waals surface area contributed by atoms with E-state index in [1.54, 1.807) is 0 Å². The van der Waals surface area contributed by atoms with Crippen molar-refractivity contribution in [1.29, 1.82) is 0 Å². The summed E-state index contributed by atoms with van der Waals surface area (Å²) in [5.74, 6) is 0.320. The van der Waals surface area contributed by atoms with E-state index in [1.807, 2.05) is 6.08 Å². The molecular weight excluding hydrogens is 156 g/mol. The molecule has 0 bridgehead atoms. The quantitative estimate of drug-likeness (QED) is 0.656. The molecule has 1 N–H and O–H groups in total. The molecule has 0 aromatic heterocycles. The summed E-state index contributed by atoms with van der Waals surface area (Å²) in [6.07, 6.45) is 5.92. The zero-order valence-corrected chi connectivity index (χ0v) is 7.08. The van der Waals surface area contributed by atoms with Crippen LogP contribution in [0.4, 0.5) is 0 Å². The molecule has 0 spiro atoms. The highest BCUT2D eigenvalue weighted by molar-refractivity contribution is 5.66. The van der Waals surface area contributed by atoms with Crippen LogP contribution < -0.4 is 0 Å². The Bertz CT molecular complexity index is 176. The molecule has 68 valence electrons. The van der Waals surface area contributed by atoms with Gasteiger partial charge in [-0.15, -0.1) is 0 Å². The van der Waals surface area contributed by atoms with Gasteiger partial charge >= 0.3 is 5.97 Å². The molecule has 1 aliphatic heterocycles. The second-order valence-electron chi connectivity index (χ2n) is 2.91. The first-order valence-electron chi connectivity index (χ1n) is 4.32. The highest BCUT2D eigenvalue weighted by Crippen LogP contribution is 2.16. The van der Waals surface area contributed by atoms with Crippen LogP contribution in [0, 0.1) is 0 Å². The number of unbranched alkanes of at least 4 members (excludes halogenated alkanes) is 1. The molecule has 0 unspecified atom stereocenters. The van der Waals surface area contributed by atoms with E-state index in [0.29, 0.717) is 6.42 Å². The van der Waals surface area contributed by atoms with Crippen LogP contribution in [-0.4, -0.2) is 17.7 Å². The number of allylic oxidation sites excluding steroid dienone is 2. The standard InChI is InChI=1S/C9H14O3/c10-9(11)6-2-1-4-8-5-3-7-12-8/h4H,1-3,5-7H2,(H,10,11)/b8-4+. The van der Waals surface area contributed by atoms with Crippen LogP contribution in [0.15, 0.2) is 11.8 Å². The van der Waals surface area contributed by atoms with Gasteiger partial charge in [0.25, 0.3) is 0 Å². The Balaban J connectivity index is 2.07. The minimum Gasteiger partial charge on any atom is -0.498 e. The van der Waals surface area contributed by atoms with Crippen LogP contribution in [0.25, 0.3) is 0 Å². The SMILES string of the molecule is O=C(O)CCC/C=C1\CCCO1. The minimum absolute atomic E-state index is 0.254. The number of rotatable bonds is 4. The van der Waals surface area contributed by atoms with Crippen molar-refractivity contribution in [2.45, 2.75) is 32.1 Å². The first kappa shape index (κ1) is 9.10. The Morgan fingerprint density at radius 2 is 2.50 bits per heavy atom. The van der Waals surface area contributed by atoms with Crippen molar-refractivity contribution in [2.75, 3.05) is 6.61 Å². The number of hydrogen-bond donors (Lipinski definition) is 1. The summed E-state index contributed by atoms with van der Waals surface area (Å²) >= 11 is 0. The number of carboxylic acid groups (broad SMARTS) is 1. The van der Waals surface area contributed by atoms with Gasteiger partial charge in [0.2, 0.25) is 0 Å². The summed E-state index contributed by atoms with van der Waals surface area (Å²) in [4.78, 5) is 10.1. The molecule has 0 saturated carbocycles. The summed E-state index contributed by atoms with van der Waals surface area (Å²) in [6.45, 7) is 0.824. The van der Waals surface area contributed by atoms with Crippen LogP contribution in [0.3, 0.4) is 0 Å². The molecule has 3 heteroatoms. The fraction of sp³-hybridized carbons (Fsp3) is 0.667. The Morgan fingerprint density at radius 3 is 3.08 bits per heavy atom. The topological polar surface area (TPSA) is 46.5 Å². The van der Waals surface area contributed by atoms with E-state index in [0.717, 1.165) is 31.6 Å². The molecule has 12 heavy (non-hydrogen) atoms. The number of carbonyl (C=O) groups is 1. The third-order valence-electron chi connectivity index (χ3n) is 1.82. The Kier molecular flexibility index (Phi) is 3.64.